The van der Waals surface area contributed by atoms with Crippen LogP contribution in [0.1, 0.15) is 29.4 Å². The number of hydrogen-bond donors (Lipinski definition) is 2. The molecule has 6 heteroatoms. The van der Waals surface area contributed by atoms with E-state index in [1.165, 1.54) is 11.3 Å². The molecule has 0 aliphatic rings. The van der Waals surface area contributed by atoms with Gasteiger partial charge < -0.3 is 15.4 Å². The summed E-state index contributed by atoms with van der Waals surface area (Å²) in [4.78, 5) is 16.6. The molecule has 3 rings (SSSR count). The number of rotatable bonds is 8. The molecule has 5 nitrogen and oxygen atoms in total. The first-order valence-corrected chi connectivity index (χ1v) is 9.40. The monoisotopic (exact) mass is 367 g/mol. The highest BCUT2D eigenvalue weighted by Crippen LogP contribution is 2.20. The first-order valence-electron chi connectivity index (χ1n) is 8.52. The van der Waals surface area contributed by atoms with Crippen LogP contribution in [0.25, 0.3) is 0 Å². The Bertz CT molecular complexity index is 832. The van der Waals surface area contributed by atoms with Crippen molar-refractivity contribution in [1.82, 2.24) is 10.3 Å². The van der Waals surface area contributed by atoms with E-state index < -0.39 is 0 Å². The second kappa shape index (κ2) is 9.01. The lowest BCUT2D eigenvalue weighted by molar-refractivity contribution is 0.0946. The van der Waals surface area contributed by atoms with Crippen LogP contribution >= 0.6 is 11.3 Å². The van der Waals surface area contributed by atoms with Crippen LogP contribution in [0.4, 0.5) is 10.8 Å². The summed E-state index contributed by atoms with van der Waals surface area (Å²) in [5.41, 5.74) is 2.37. The van der Waals surface area contributed by atoms with E-state index >= 15 is 0 Å². The van der Waals surface area contributed by atoms with Crippen molar-refractivity contribution in [3.63, 3.8) is 0 Å². The van der Waals surface area contributed by atoms with Crippen LogP contribution in [0, 0.1) is 0 Å². The Labute approximate surface area is 157 Å². The molecule has 0 atom stereocenters. The molecule has 0 bridgehead atoms. The van der Waals surface area contributed by atoms with E-state index in [0.29, 0.717) is 24.0 Å². The Morgan fingerprint density at radius 2 is 1.88 bits per heavy atom. The molecule has 26 heavy (non-hydrogen) atoms. The molecule has 0 aliphatic carbocycles. The van der Waals surface area contributed by atoms with Crippen molar-refractivity contribution < 1.29 is 9.53 Å². The minimum atomic E-state index is -0.186. The van der Waals surface area contributed by atoms with E-state index in [2.05, 4.69) is 22.5 Å². The topological polar surface area (TPSA) is 63.2 Å². The van der Waals surface area contributed by atoms with Gasteiger partial charge in [0.1, 0.15) is 11.4 Å². The van der Waals surface area contributed by atoms with E-state index in [0.717, 1.165) is 23.4 Å². The Balaban J connectivity index is 1.52. The third-order valence-corrected chi connectivity index (χ3v) is 4.37. The molecule has 0 fully saturated rings. The number of nitrogens with zero attached hydrogens (tertiary/aromatic N) is 1. The fourth-order valence-corrected chi connectivity index (χ4v) is 2.99. The summed E-state index contributed by atoms with van der Waals surface area (Å²) in [6.45, 7) is 3.23. The molecule has 2 N–H and O–H groups in total. The molecule has 1 amide bonds. The largest absolute Gasteiger partial charge is 0.494 e. The lowest BCUT2D eigenvalue weighted by Gasteiger charge is -2.07. The molecule has 0 spiro atoms. The van der Waals surface area contributed by atoms with E-state index in [9.17, 15) is 4.79 Å². The van der Waals surface area contributed by atoms with Gasteiger partial charge in [-0.25, -0.2) is 4.98 Å². The number of carbonyl (C=O) groups excluding carboxylic acids is 1. The van der Waals surface area contributed by atoms with Gasteiger partial charge in [0.25, 0.3) is 5.91 Å². The summed E-state index contributed by atoms with van der Waals surface area (Å²) in [7, 11) is 0. The molecule has 134 valence electrons. The SMILES string of the molecule is CCCOc1ccc(CNC(=O)c2csc(Nc3ccccc3)n2)cc1. The predicted molar refractivity (Wildman–Crippen MR) is 105 cm³/mol. The van der Waals surface area contributed by atoms with Crippen LogP contribution in [0.2, 0.25) is 0 Å². The van der Waals surface area contributed by atoms with Gasteiger partial charge in [-0.1, -0.05) is 37.3 Å². The minimum Gasteiger partial charge on any atom is -0.494 e. The Kier molecular flexibility index (Phi) is 6.22. The van der Waals surface area contributed by atoms with Crippen molar-refractivity contribution in [2.75, 3.05) is 11.9 Å². The number of nitrogens with one attached hydrogen (secondary N) is 2. The van der Waals surface area contributed by atoms with Gasteiger partial charge in [0.05, 0.1) is 6.61 Å². The lowest BCUT2D eigenvalue weighted by Crippen LogP contribution is -2.23. The van der Waals surface area contributed by atoms with Gasteiger partial charge in [-0.05, 0) is 36.2 Å². The standard InChI is InChI=1S/C20H21N3O2S/c1-2-12-25-17-10-8-15(9-11-17)13-21-19(24)18-14-26-20(23-18)22-16-6-4-3-5-7-16/h3-11,14H,2,12-13H2,1H3,(H,21,24)(H,22,23). The average molecular weight is 367 g/mol. The van der Waals surface area contributed by atoms with Crippen molar-refractivity contribution in [2.24, 2.45) is 0 Å². The highest BCUT2D eigenvalue weighted by atomic mass is 32.1. The zero-order valence-corrected chi connectivity index (χ0v) is 15.4. The van der Waals surface area contributed by atoms with E-state index in [1.807, 2.05) is 54.6 Å². The van der Waals surface area contributed by atoms with Crippen molar-refractivity contribution in [1.29, 1.82) is 0 Å². The average Bonchev–Trinajstić information content (AvgIpc) is 3.14. The summed E-state index contributed by atoms with van der Waals surface area (Å²) < 4.78 is 5.55. The molecule has 0 unspecified atom stereocenters. The van der Waals surface area contributed by atoms with E-state index in [1.54, 1.807) is 5.38 Å². The molecule has 3 aromatic rings. The summed E-state index contributed by atoms with van der Waals surface area (Å²) in [5, 5.41) is 8.53. The molecule has 0 saturated carbocycles. The van der Waals surface area contributed by atoms with Crippen molar-refractivity contribution in [3.8, 4) is 5.75 Å². The van der Waals surface area contributed by atoms with Gasteiger partial charge >= 0.3 is 0 Å². The van der Waals surface area contributed by atoms with Crippen LogP contribution in [-0.2, 0) is 6.54 Å². The highest BCUT2D eigenvalue weighted by Gasteiger charge is 2.10. The zero-order valence-electron chi connectivity index (χ0n) is 14.6. The molecule has 0 aliphatic heterocycles. The van der Waals surface area contributed by atoms with E-state index in [4.69, 9.17) is 4.74 Å². The molecule has 0 radical (unpaired) electrons. The van der Waals surface area contributed by atoms with Crippen LogP contribution < -0.4 is 15.4 Å². The first kappa shape index (κ1) is 17.9. The van der Waals surface area contributed by atoms with Gasteiger partial charge in [0, 0.05) is 17.6 Å². The number of anilines is 2. The zero-order chi connectivity index (χ0) is 18.2. The third-order valence-electron chi connectivity index (χ3n) is 3.61. The molecule has 1 heterocycles. The first-order chi connectivity index (χ1) is 12.7. The number of aromatic nitrogens is 1. The molecular weight excluding hydrogens is 346 g/mol. The summed E-state index contributed by atoms with van der Waals surface area (Å²) in [5.74, 6) is 0.659. The van der Waals surface area contributed by atoms with Crippen molar-refractivity contribution in [2.45, 2.75) is 19.9 Å². The van der Waals surface area contributed by atoms with Gasteiger partial charge in [0.15, 0.2) is 5.13 Å². The normalized spacial score (nSPS) is 10.3. The predicted octanol–water partition coefficient (Wildman–Crippen LogP) is 4.61. The second-order valence-electron chi connectivity index (χ2n) is 5.70. The fraction of sp³-hybridized carbons (Fsp3) is 0.200. The molecule has 1 aromatic heterocycles. The Morgan fingerprint density at radius 3 is 2.62 bits per heavy atom. The quantitative estimate of drug-likeness (QED) is 0.610. The summed E-state index contributed by atoms with van der Waals surface area (Å²) >= 11 is 1.40. The van der Waals surface area contributed by atoms with Gasteiger partial charge in [-0.2, -0.15) is 0 Å². The number of ether oxygens (including phenoxy) is 1. The molecular formula is C20H21N3O2S. The Morgan fingerprint density at radius 1 is 1.12 bits per heavy atom. The van der Waals surface area contributed by atoms with Gasteiger partial charge in [0.2, 0.25) is 0 Å². The maximum atomic E-state index is 12.3. The fourth-order valence-electron chi connectivity index (χ4n) is 2.28. The molecule has 2 aromatic carbocycles. The number of hydrogen-bond acceptors (Lipinski definition) is 5. The second-order valence-corrected chi connectivity index (χ2v) is 6.56. The van der Waals surface area contributed by atoms with E-state index in [-0.39, 0.29) is 5.91 Å². The maximum Gasteiger partial charge on any atom is 0.271 e. The lowest BCUT2D eigenvalue weighted by atomic mass is 10.2. The number of benzene rings is 2. The number of amides is 1. The molecule has 0 saturated heterocycles. The smallest absolute Gasteiger partial charge is 0.271 e. The van der Waals surface area contributed by atoms with Gasteiger partial charge in [-0.15, -0.1) is 11.3 Å². The number of para-hydroxylation sites is 1. The van der Waals surface area contributed by atoms with Crippen molar-refractivity contribution >= 4 is 28.1 Å². The van der Waals surface area contributed by atoms with Crippen molar-refractivity contribution in [3.05, 3.63) is 71.2 Å². The summed E-state index contributed by atoms with van der Waals surface area (Å²) in [6, 6.07) is 17.5. The van der Waals surface area contributed by atoms with Gasteiger partial charge in [-0.3, -0.25) is 4.79 Å². The van der Waals surface area contributed by atoms with Crippen LogP contribution in [-0.4, -0.2) is 17.5 Å². The summed E-state index contributed by atoms with van der Waals surface area (Å²) in [6.07, 6.45) is 0.979. The van der Waals surface area contributed by atoms with Crippen LogP contribution in [0.15, 0.2) is 60.0 Å². The van der Waals surface area contributed by atoms with Crippen LogP contribution in [0.5, 0.6) is 5.75 Å². The highest BCUT2D eigenvalue weighted by molar-refractivity contribution is 7.14. The minimum absolute atomic E-state index is 0.186. The third kappa shape index (κ3) is 5.07. The van der Waals surface area contributed by atoms with Crippen LogP contribution in [0.3, 0.4) is 0 Å². The number of carbonyl (C=O) groups is 1. The Hall–Kier alpha value is -2.86. The number of thiazole rings is 1. The maximum absolute atomic E-state index is 12.3.